The zero-order valence-corrected chi connectivity index (χ0v) is 13.1. The van der Waals surface area contributed by atoms with Crippen LogP contribution in [0.3, 0.4) is 0 Å². The van der Waals surface area contributed by atoms with Crippen molar-refractivity contribution in [3.8, 4) is 0 Å². The molecule has 0 fully saturated rings. The van der Waals surface area contributed by atoms with Gasteiger partial charge < -0.3 is 9.67 Å². The molecule has 108 valence electrons. The molecule has 6 heteroatoms. The molecule has 0 aliphatic rings. The number of hydrogen-bond acceptors (Lipinski definition) is 4. The van der Waals surface area contributed by atoms with Crippen LogP contribution >= 0.6 is 11.8 Å². The second kappa shape index (κ2) is 6.41. The third kappa shape index (κ3) is 4.53. The minimum atomic E-state index is -0.836. The Morgan fingerprint density at radius 1 is 1.42 bits per heavy atom. The van der Waals surface area contributed by atoms with E-state index in [1.165, 1.54) is 11.8 Å². The molecule has 0 bridgehead atoms. The maximum atomic E-state index is 10.7. The summed E-state index contributed by atoms with van der Waals surface area (Å²) in [4.78, 5) is 10.7. The topological polar surface area (TPSA) is 68.0 Å². The Balaban J connectivity index is 3.02. The molecule has 5 nitrogen and oxygen atoms in total. The maximum Gasteiger partial charge on any atom is 0.313 e. The Bertz CT molecular complexity index is 438. The van der Waals surface area contributed by atoms with Crippen molar-refractivity contribution in [2.24, 2.45) is 5.92 Å². The predicted molar refractivity (Wildman–Crippen MR) is 76.5 cm³/mol. The highest BCUT2D eigenvalue weighted by atomic mass is 32.2. The zero-order chi connectivity index (χ0) is 14.6. The number of hydrogen-bond donors (Lipinski definition) is 1. The Labute approximate surface area is 118 Å². The van der Waals surface area contributed by atoms with Crippen molar-refractivity contribution in [1.82, 2.24) is 14.8 Å². The molecule has 19 heavy (non-hydrogen) atoms. The van der Waals surface area contributed by atoms with E-state index < -0.39 is 5.97 Å². The average molecular weight is 285 g/mol. The summed E-state index contributed by atoms with van der Waals surface area (Å²) in [5.41, 5.74) is -0.146. The van der Waals surface area contributed by atoms with E-state index in [-0.39, 0.29) is 11.3 Å². The molecule has 1 aromatic rings. The van der Waals surface area contributed by atoms with Crippen molar-refractivity contribution < 1.29 is 9.90 Å². The van der Waals surface area contributed by atoms with Gasteiger partial charge in [-0.2, -0.15) is 0 Å². The molecular weight excluding hydrogens is 262 g/mol. The van der Waals surface area contributed by atoms with Crippen molar-refractivity contribution in [2.75, 3.05) is 5.75 Å². The molecule has 0 saturated heterocycles. The SMILES string of the molecule is CCC(C)Cc1nnc(SCC(=O)O)n1C(C)(C)C. The summed E-state index contributed by atoms with van der Waals surface area (Å²) in [5, 5.41) is 17.9. The lowest BCUT2D eigenvalue weighted by Gasteiger charge is -2.25. The summed E-state index contributed by atoms with van der Waals surface area (Å²) in [6.07, 6.45) is 1.96. The number of carbonyl (C=O) groups is 1. The van der Waals surface area contributed by atoms with Gasteiger partial charge in [0.05, 0.1) is 5.75 Å². The van der Waals surface area contributed by atoms with Crippen LogP contribution in [-0.2, 0) is 16.8 Å². The van der Waals surface area contributed by atoms with Gasteiger partial charge in [-0.1, -0.05) is 32.0 Å². The summed E-state index contributed by atoms with van der Waals surface area (Å²) >= 11 is 1.23. The summed E-state index contributed by atoms with van der Waals surface area (Å²) in [7, 11) is 0. The summed E-state index contributed by atoms with van der Waals surface area (Å²) in [6.45, 7) is 10.6. The molecule has 1 heterocycles. The van der Waals surface area contributed by atoms with Gasteiger partial charge >= 0.3 is 5.97 Å². The largest absolute Gasteiger partial charge is 0.481 e. The van der Waals surface area contributed by atoms with Crippen molar-refractivity contribution in [1.29, 1.82) is 0 Å². The highest BCUT2D eigenvalue weighted by molar-refractivity contribution is 7.99. The normalized spacial score (nSPS) is 13.5. The van der Waals surface area contributed by atoms with Crippen LogP contribution in [-0.4, -0.2) is 31.6 Å². The van der Waals surface area contributed by atoms with Gasteiger partial charge in [-0.25, -0.2) is 0 Å². The fourth-order valence-electron chi connectivity index (χ4n) is 1.78. The zero-order valence-electron chi connectivity index (χ0n) is 12.3. The van der Waals surface area contributed by atoms with Crippen LogP contribution in [0.1, 0.15) is 46.9 Å². The molecule has 0 radical (unpaired) electrons. The van der Waals surface area contributed by atoms with Crippen molar-refractivity contribution in [3.63, 3.8) is 0 Å². The van der Waals surface area contributed by atoms with E-state index in [9.17, 15) is 4.79 Å². The van der Waals surface area contributed by atoms with E-state index in [0.717, 1.165) is 18.7 Å². The van der Waals surface area contributed by atoms with Crippen LogP contribution in [0.15, 0.2) is 5.16 Å². The lowest BCUT2D eigenvalue weighted by atomic mass is 10.0. The van der Waals surface area contributed by atoms with E-state index in [2.05, 4.69) is 49.4 Å². The van der Waals surface area contributed by atoms with E-state index in [0.29, 0.717) is 11.1 Å². The van der Waals surface area contributed by atoms with E-state index in [1.807, 2.05) is 0 Å². The lowest BCUT2D eigenvalue weighted by molar-refractivity contribution is -0.133. The highest BCUT2D eigenvalue weighted by Gasteiger charge is 2.24. The maximum absolute atomic E-state index is 10.7. The molecule has 0 amide bonds. The molecule has 0 saturated carbocycles. The van der Waals surface area contributed by atoms with Crippen LogP contribution in [0.25, 0.3) is 0 Å². The highest BCUT2D eigenvalue weighted by Crippen LogP contribution is 2.26. The summed E-state index contributed by atoms with van der Waals surface area (Å²) in [5.74, 6) is 0.659. The fraction of sp³-hybridized carbons (Fsp3) is 0.769. The van der Waals surface area contributed by atoms with Gasteiger partial charge in [-0.05, 0) is 26.7 Å². The second-order valence-electron chi connectivity index (χ2n) is 5.80. The summed E-state index contributed by atoms with van der Waals surface area (Å²) < 4.78 is 2.06. The number of thioether (sulfide) groups is 1. The van der Waals surface area contributed by atoms with Gasteiger partial charge in [-0.15, -0.1) is 10.2 Å². The monoisotopic (exact) mass is 285 g/mol. The van der Waals surface area contributed by atoms with Crippen molar-refractivity contribution in [3.05, 3.63) is 5.82 Å². The number of aliphatic carboxylic acids is 1. The number of carboxylic acids is 1. The van der Waals surface area contributed by atoms with Gasteiger partial charge in [0.1, 0.15) is 5.82 Å². The van der Waals surface area contributed by atoms with Gasteiger partial charge in [0, 0.05) is 12.0 Å². The quantitative estimate of drug-likeness (QED) is 0.814. The lowest BCUT2D eigenvalue weighted by Crippen LogP contribution is -2.26. The van der Waals surface area contributed by atoms with Crippen LogP contribution < -0.4 is 0 Å². The van der Waals surface area contributed by atoms with E-state index >= 15 is 0 Å². The molecule has 1 N–H and O–H groups in total. The number of carboxylic acid groups (broad SMARTS) is 1. The van der Waals surface area contributed by atoms with Crippen LogP contribution in [0.5, 0.6) is 0 Å². The molecular formula is C13H23N3O2S. The molecule has 1 rings (SSSR count). The predicted octanol–water partition coefficient (Wildman–Crippen LogP) is 2.80. The van der Waals surface area contributed by atoms with Crippen molar-refractivity contribution in [2.45, 2.75) is 58.2 Å². The van der Waals surface area contributed by atoms with E-state index in [4.69, 9.17) is 5.11 Å². The minimum Gasteiger partial charge on any atom is -0.481 e. The fourth-order valence-corrected chi connectivity index (χ4v) is 2.64. The Morgan fingerprint density at radius 2 is 2.05 bits per heavy atom. The first-order chi connectivity index (χ1) is 8.75. The molecule has 0 aliphatic carbocycles. The Kier molecular flexibility index (Phi) is 5.40. The molecule has 0 aromatic carbocycles. The van der Waals surface area contributed by atoms with Crippen LogP contribution in [0.2, 0.25) is 0 Å². The first-order valence-electron chi connectivity index (χ1n) is 6.55. The minimum absolute atomic E-state index is 0.0115. The van der Waals surface area contributed by atoms with Gasteiger partial charge in [0.2, 0.25) is 0 Å². The van der Waals surface area contributed by atoms with Gasteiger partial charge in [0.25, 0.3) is 0 Å². The average Bonchev–Trinajstić information content (AvgIpc) is 2.68. The smallest absolute Gasteiger partial charge is 0.313 e. The van der Waals surface area contributed by atoms with E-state index in [1.54, 1.807) is 0 Å². The second-order valence-corrected chi connectivity index (χ2v) is 6.75. The number of rotatable bonds is 6. The molecule has 0 spiro atoms. The first kappa shape index (κ1) is 16.0. The third-order valence-electron chi connectivity index (χ3n) is 2.92. The van der Waals surface area contributed by atoms with Gasteiger partial charge in [0.15, 0.2) is 5.16 Å². The standard InChI is InChI=1S/C13H23N3O2S/c1-6-9(2)7-10-14-15-12(19-8-11(17)18)16(10)13(3,4)5/h9H,6-8H2,1-5H3,(H,17,18). The van der Waals surface area contributed by atoms with Crippen LogP contribution in [0, 0.1) is 5.92 Å². The van der Waals surface area contributed by atoms with Gasteiger partial charge in [-0.3, -0.25) is 4.79 Å². The third-order valence-corrected chi connectivity index (χ3v) is 3.84. The number of aromatic nitrogens is 3. The molecule has 1 aromatic heterocycles. The van der Waals surface area contributed by atoms with Crippen LogP contribution in [0.4, 0.5) is 0 Å². The Hall–Kier alpha value is -1.04. The molecule has 0 aliphatic heterocycles. The molecule has 1 atom stereocenters. The Morgan fingerprint density at radius 3 is 2.53 bits per heavy atom. The first-order valence-corrected chi connectivity index (χ1v) is 7.53. The number of nitrogens with zero attached hydrogens (tertiary/aromatic N) is 3. The summed E-state index contributed by atoms with van der Waals surface area (Å²) in [6, 6.07) is 0. The van der Waals surface area contributed by atoms with Crippen molar-refractivity contribution >= 4 is 17.7 Å². The molecule has 1 unspecified atom stereocenters.